The third kappa shape index (κ3) is 3.89. The van der Waals surface area contributed by atoms with Crippen molar-refractivity contribution < 1.29 is 23.2 Å². The van der Waals surface area contributed by atoms with Gasteiger partial charge in [-0.2, -0.15) is 0 Å². The van der Waals surface area contributed by atoms with Gasteiger partial charge in [-0.15, -0.1) is 0 Å². The molecule has 146 valence electrons. The fourth-order valence-electron chi connectivity index (χ4n) is 2.98. The summed E-state index contributed by atoms with van der Waals surface area (Å²) in [6.45, 7) is 1.23. The SMILES string of the molecule is C[C@H](NC(=O)COC(=O)c1cc2ccccc2oc1=O)c1cc2ccccc2o1. The van der Waals surface area contributed by atoms with Gasteiger partial charge in [0.25, 0.3) is 5.91 Å². The van der Waals surface area contributed by atoms with Crippen LogP contribution in [0.3, 0.4) is 0 Å². The third-order valence-corrected chi connectivity index (χ3v) is 4.44. The molecule has 0 saturated carbocycles. The van der Waals surface area contributed by atoms with Crippen LogP contribution in [0.4, 0.5) is 0 Å². The van der Waals surface area contributed by atoms with E-state index in [2.05, 4.69) is 5.32 Å². The monoisotopic (exact) mass is 391 g/mol. The molecule has 1 N–H and O–H groups in total. The number of hydrogen-bond acceptors (Lipinski definition) is 6. The fourth-order valence-corrected chi connectivity index (χ4v) is 2.98. The zero-order valence-corrected chi connectivity index (χ0v) is 15.5. The number of amides is 1. The molecule has 4 aromatic rings. The van der Waals surface area contributed by atoms with E-state index in [1.807, 2.05) is 30.3 Å². The summed E-state index contributed by atoms with van der Waals surface area (Å²) < 4.78 is 15.8. The Bertz CT molecular complexity index is 1240. The van der Waals surface area contributed by atoms with Crippen LogP contribution in [0.1, 0.15) is 29.1 Å². The second-order valence-electron chi connectivity index (χ2n) is 6.54. The summed E-state index contributed by atoms with van der Waals surface area (Å²) in [5.74, 6) is -0.853. The first-order valence-electron chi connectivity index (χ1n) is 8.99. The summed E-state index contributed by atoms with van der Waals surface area (Å²) in [4.78, 5) is 36.3. The molecule has 0 unspecified atom stereocenters. The molecule has 0 aliphatic rings. The highest BCUT2D eigenvalue weighted by atomic mass is 16.5. The molecule has 29 heavy (non-hydrogen) atoms. The van der Waals surface area contributed by atoms with Crippen LogP contribution in [0.25, 0.3) is 21.9 Å². The Kier molecular flexibility index (Phi) is 4.87. The van der Waals surface area contributed by atoms with Crippen molar-refractivity contribution in [2.75, 3.05) is 6.61 Å². The highest BCUT2D eigenvalue weighted by molar-refractivity contribution is 5.94. The first-order valence-corrected chi connectivity index (χ1v) is 8.99. The minimum atomic E-state index is -0.920. The van der Waals surface area contributed by atoms with Crippen LogP contribution < -0.4 is 10.9 Å². The molecule has 2 aromatic heterocycles. The van der Waals surface area contributed by atoms with Crippen molar-refractivity contribution in [3.8, 4) is 0 Å². The van der Waals surface area contributed by atoms with Gasteiger partial charge in [0.15, 0.2) is 6.61 Å². The van der Waals surface area contributed by atoms with E-state index in [0.29, 0.717) is 16.7 Å². The van der Waals surface area contributed by atoms with E-state index in [1.54, 1.807) is 31.2 Å². The Morgan fingerprint density at radius 1 is 0.966 bits per heavy atom. The third-order valence-electron chi connectivity index (χ3n) is 4.44. The Morgan fingerprint density at radius 2 is 1.59 bits per heavy atom. The van der Waals surface area contributed by atoms with E-state index < -0.39 is 30.2 Å². The molecule has 7 heteroatoms. The second kappa shape index (κ2) is 7.63. The maximum Gasteiger partial charge on any atom is 0.351 e. The van der Waals surface area contributed by atoms with Crippen molar-refractivity contribution >= 4 is 33.8 Å². The topological polar surface area (TPSA) is 98.7 Å². The summed E-state index contributed by atoms with van der Waals surface area (Å²) in [6, 6.07) is 17.1. The molecule has 2 heterocycles. The van der Waals surface area contributed by atoms with Crippen LogP contribution in [0, 0.1) is 0 Å². The predicted octanol–water partition coefficient (Wildman–Crippen LogP) is 3.57. The Balaban J connectivity index is 1.39. The van der Waals surface area contributed by atoms with Crippen molar-refractivity contribution in [1.82, 2.24) is 5.32 Å². The van der Waals surface area contributed by atoms with Crippen molar-refractivity contribution in [1.29, 1.82) is 0 Å². The maximum absolute atomic E-state index is 12.2. The van der Waals surface area contributed by atoms with Crippen molar-refractivity contribution in [3.05, 3.63) is 82.4 Å². The standard InChI is InChI=1S/C22H17NO6/c1-13(19-11-15-7-3-4-8-17(15)28-19)23-20(24)12-27-21(25)16-10-14-6-2-5-9-18(14)29-22(16)26/h2-11,13H,12H2,1H3,(H,23,24)/t13-/m0/s1. The lowest BCUT2D eigenvalue weighted by molar-refractivity contribution is -0.125. The van der Waals surface area contributed by atoms with E-state index in [-0.39, 0.29) is 5.56 Å². The molecule has 1 atom stereocenters. The summed E-state index contributed by atoms with van der Waals surface area (Å²) in [5.41, 5.74) is 0.0103. The zero-order valence-electron chi connectivity index (χ0n) is 15.5. The Morgan fingerprint density at radius 3 is 2.28 bits per heavy atom. The number of rotatable bonds is 5. The smallest absolute Gasteiger partial charge is 0.351 e. The van der Waals surface area contributed by atoms with E-state index in [4.69, 9.17) is 13.6 Å². The van der Waals surface area contributed by atoms with Gasteiger partial charge in [-0.25, -0.2) is 9.59 Å². The lowest BCUT2D eigenvalue weighted by atomic mass is 10.2. The number of benzene rings is 2. The molecular formula is C22H17NO6. The van der Waals surface area contributed by atoms with Gasteiger partial charge in [0.1, 0.15) is 22.5 Å². The van der Waals surface area contributed by atoms with E-state index in [0.717, 1.165) is 11.0 Å². The second-order valence-corrected chi connectivity index (χ2v) is 6.54. The molecule has 0 spiro atoms. The maximum atomic E-state index is 12.2. The minimum absolute atomic E-state index is 0.262. The molecule has 4 rings (SSSR count). The van der Waals surface area contributed by atoms with Gasteiger partial charge in [0.2, 0.25) is 0 Å². The van der Waals surface area contributed by atoms with Gasteiger partial charge in [-0.3, -0.25) is 4.79 Å². The van der Waals surface area contributed by atoms with Crippen LogP contribution >= 0.6 is 0 Å². The highest BCUT2D eigenvalue weighted by Gasteiger charge is 2.18. The number of nitrogens with one attached hydrogen (secondary N) is 1. The number of fused-ring (bicyclic) bond motifs is 2. The summed E-state index contributed by atoms with van der Waals surface area (Å²) in [6.07, 6.45) is 0. The van der Waals surface area contributed by atoms with Gasteiger partial charge in [-0.1, -0.05) is 36.4 Å². The zero-order chi connectivity index (χ0) is 20.4. The fraction of sp³-hybridized carbons (Fsp3) is 0.136. The van der Waals surface area contributed by atoms with Crippen LogP contribution in [0.15, 0.2) is 74.3 Å². The van der Waals surface area contributed by atoms with E-state index >= 15 is 0 Å². The van der Waals surface area contributed by atoms with Gasteiger partial charge >= 0.3 is 11.6 Å². The summed E-state index contributed by atoms with van der Waals surface area (Å²) in [7, 11) is 0. The average Bonchev–Trinajstić information content (AvgIpc) is 3.16. The quantitative estimate of drug-likeness (QED) is 0.412. The molecule has 0 fully saturated rings. The lowest BCUT2D eigenvalue weighted by Gasteiger charge is -2.11. The highest BCUT2D eigenvalue weighted by Crippen LogP contribution is 2.23. The lowest BCUT2D eigenvalue weighted by Crippen LogP contribution is -2.31. The van der Waals surface area contributed by atoms with Crippen molar-refractivity contribution in [3.63, 3.8) is 0 Å². The Labute approximate surface area is 164 Å². The molecule has 1 amide bonds. The molecule has 0 bridgehead atoms. The first-order chi connectivity index (χ1) is 14.0. The summed E-state index contributed by atoms with van der Waals surface area (Å²) in [5, 5.41) is 4.21. The summed E-state index contributed by atoms with van der Waals surface area (Å²) >= 11 is 0. The molecule has 0 saturated heterocycles. The molecule has 0 radical (unpaired) electrons. The number of para-hydroxylation sites is 2. The number of carbonyl (C=O) groups excluding carboxylic acids is 2. The van der Waals surface area contributed by atoms with Crippen LogP contribution in [-0.4, -0.2) is 18.5 Å². The molecule has 0 aliphatic carbocycles. The molecule has 7 nitrogen and oxygen atoms in total. The number of ether oxygens (including phenoxy) is 1. The number of furan rings is 1. The first kappa shape index (κ1) is 18.5. The Hall–Kier alpha value is -3.87. The number of esters is 1. The van der Waals surface area contributed by atoms with Crippen LogP contribution in [-0.2, 0) is 9.53 Å². The van der Waals surface area contributed by atoms with Gasteiger partial charge in [0.05, 0.1) is 6.04 Å². The number of carbonyl (C=O) groups is 2. The van der Waals surface area contributed by atoms with E-state index in [1.165, 1.54) is 6.07 Å². The van der Waals surface area contributed by atoms with Gasteiger partial charge in [0, 0.05) is 10.8 Å². The van der Waals surface area contributed by atoms with Crippen LogP contribution in [0.2, 0.25) is 0 Å². The van der Waals surface area contributed by atoms with Crippen LogP contribution in [0.5, 0.6) is 0 Å². The molecular weight excluding hydrogens is 374 g/mol. The van der Waals surface area contributed by atoms with Crippen molar-refractivity contribution in [2.45, 2.75) is 13.0 Å². The normalized spacial score (nSPS) is 12.0. The van der Waals surface area contributed by atoms with Gasteiger partial charge in [-0.05, 0) is 31.2 Å². The number of hydrogen-bond donors (Lipinski definition) is 1. The largest absolute Gasteiger partial charge is 0.459 e. The van der Waals surface area contributed by atoms with Gasteiger partial charge < -0.3 is 18.9 Å². The average molecular weight is 391 g/mol. The molecule has 2 aromatic carbocycles. The molecule has 0 aliphatic heterocycles. The predicted molar refractivity (Wildman–Crippen MR) is 106 cm³/mol. The van der Waals surface area contributed by atoms with E-state index in [9.17, 15) is 14.4 Å². The van der Waals surface area contributed by atoms with Crippen molar-refractivity contribution in [2.24, 2.45) is 0 Å². The minimum Gasteiger partial charge on any atom is -0.459 e.